The third kappa shape index (κ3) is 5.37. The second kappa shape index (κ2) is 11.0. The lowest BCUT2D eigenvalue weighted by Crippen LogP contribution is -2.68. The Kier molecular flexibility index (Phi) is 7.36. The zero-order chi connectivity index (χ0) is 24.0. The molecule has 0 spiro atoms. The summed E-state index contributed by atoms with van der Waals surface area (Å²) in [6.07, 6.45) is 10.2. The van der Waals surface area contributed by atoms with Crippen molar-refractivity contribution in [2.75, 3.05) is 26.2 Å². The molecule has 3 heterocycles. The van der Waals surface area contributed by atoms with E-state index < -0.39 is 0 Å². The Labute approximate surface area is 207 Å². The van der Waals surface area contributed by atoms with Crippen LogP contribution in [-0.4, -0.2) is 64.1 Å². The van der Waals surface area contributed by atoms with Gasteiger partial charge in [-0.1, -0.05) is 72.8 Å². The quantitative estimate of drug-likeness (QED) is 0.551. The largest absolute Gasteiger partial charge is 0.395 e. The number of rotatable bonds is 6. The van der Waals surface area contributed by atoms with E-state index in [1.165, 1.54) is 11.1 Å². The highest BCUT2D eigenvalue weighted by atomic mass is 16.3. The van der Waals surface area contributed by atoms with Crippen LogP contribution in [0.4, 0.5) is 0 Å². The van der Waals surface area contributed by atoms with E-state index in [1.807, 2.05) is 35.2 Å². The maximum atomic E-state index is 13.2. The molecule has 0 aliphatic carbocycles. The van der Waals surface area contributed by atoms with E-state index >= 15 is 0 Å². The topological polar surface area (TPSA) is 56.7 Å². The molecule has 35 heavy (non-hydrogen) atoms. The van der Waals surface area contributed by atoms with Gasteiger partial charge in [-0.15, -0.1) is 0 Å². The zero-order valence-corrected chi connectivity index (χ0v) is 20.0. The fourth-order valence-corrected chi connectivity index (χ4v) is 5.54. The predicted molar refractivity (Wildman–Crippen MR) is 140 cm³/mol. The summed E-state index contributed by atoms with van der Waals surface area (Å²) < 4.78 is 0. The van der Waals surface area contributed by atoms with Crippen LogP contribution < -0.4 is 0 Å². The number of aliphatic hydroxyl groups excluding tert-OH is 1. The fraction of sp³-hybridized carbons (Fsp3) is 0.333. The minimum Gasteiger partial charge on any atom is -0.395 e. The number of pyridine rings is 1. The van der Waals surface area contributed by atoms with Gasteiger partial charge in [0.1, 0.15) is 0 Å². The number of aliphatic hydroxyl groups is 1. The second-order valence-electron chi connectivity index (χ2n) is 9.58. The third-order valence-electron chi connectivity index (χ3n) is 7.39. The Hall–Kier alpha value is -3.28. The molecule has 2 saturated heterocycles. The first-order valence-corrected chi connectivity index (χ1v) is 12.6. The second-order valence-corrected chi connectivity index (χ2v) is 9.58. The molecular formula is C30H33N3O2. The molecule has 1 N–H and O–H groups in total. The molecule has 3 atom stereocenters. The monoisotopic (exact) mass is 467 g/mol. The van der Waals surface area contributed by atoms with Crippen LogP contribution in [0.5, 0.6) is 0 Å². The van der Waals surface area contributed by atoms with Gasteiger partial charge in [0, 0.05) is 43.5 Å². The molecule has 0 saturated carbocycles. The molecule has 2 fully saturated rings. The molecule has 5 nitrogen and oxygen atoms in total. The predicted octanol–water partition coefficient (Wildman–Crippen LogP) is 4.25. The molecule has 5 heteroatoms. The van der Waals surface area contributed by atoms with E-state index in [-0.39, 0.29) is 30.5 Å². The van der Waals surface area contributed by atoms with E-state index in [4.69, 9.17) is 0 Å². The number of carbonyl (C=O) groups excluding carboxylic acids is 1. The van der Waals surface area contributed by atoms with Crippen molar-refractivity contribution in [3.63, 3.8) is 0 Å². The molecule has 5 rings (SSSR count). The molecule has 0 unspecified atom stereocenters. The van der Waals surface area contributed by atoms with Crippen LogP contribution in [0.25, 0.3) is 12.2 Å². The number of amides is 1. The third-order valence-corrected chi connectivity index (χ3v) is 7.39. The van der Waals surface area contributed by atoms with E-state index in [9.17, 15) is 9.90 Å². The Morgan fingerprint density at radius 1 is 0.943 bits per heavy atom. The first-order chi connectivity index (χ1) is 17.2. The average molecular weight is 468 g/mol. The lowest BCUT2D eigenvalue weighted by Gasteiger charge is -2.57. The summed E-state index contributed by atoms with van der Waals surface area (Å²) in [5.41, 5.74) is 4.52. The lowest BCUT2D eigenvalue weighted by molar-refractivity contribution is -0.135. The van der Waals surface area contributed by atoms with Crippen LogP contribution in [0.15, 0.2) is 79.1 Å². The number of nitrogens with zero attached hydrogens (tertiary/aromatic N) is 3. The van der Waals surface area contributed by atoms with Crippen molar-refractivity contribution in [2.45, 2.75) is 37.3 Å². The van der Waals surface area contributed by atoms with Crippen molar-refractivity contribution in [1.29, 1.82) is 0 Å². The summed E-state index contributed by atoms with van der Waals surface area (Å²) in [5.74, 6) is 0.381. The minimum absolute atomic E-state index is 0.110. The number of carbonyl (C=O) groups is 1. The molecule has 3 aromatic rings. The van der Waals surface area contributed by atoms with Gasteiger partial charge >= 0.3 is 0 Å². The normalized spacial score (nSPS) is 22.8. The van der Waals surface area contributed by atoms with Crippen LogP contribution in [0.2, 0.25) is 0 Å². The van der Waals surface area contributed by atoms with Crippen molar-refractivity contribution in [3.8, 4) is 0 Å². The number of hydrogen-bond donors (Lipinski definition) is 1. The van der Waals surface area contributed by atoms with Gasteiger partial charge in [0.05, 0.1) is 13.0 Å². The van der Waals surface area contributed by atoms with Crippen LogP contribution in [0, 0.1) is 0 Å². The van der Waals surface area contributed by atoms with Crippen molar-refractivity contribution in [2.24, 2.45) is 0 Å². The lowest BCUT2D eigenvalue weighted by atomic mass is 9.74. The summed E-state index contributed by atoms with van der Waals surface area (Å²) in [7, 11) is 0. The SMILES string of the molecule is O=C(Cc1cccnc1)N1CCCCN2[C@@H](CO)[C@@H](c3ccc(/C=C/c4ccccc4)cc3)[C@@H]2C1. The van der Waals surface area contributed by atoms with Crippen molar-refractivity contribution in [1.82, 2.24) is 14.8 Å². The molecule has 2 aliphatic heterocycles. The Morgan fingerprint density at radius 2 is 1.69 bits per heavy atom. The van der Waals surface area contributed by atoms with Crippen LogP contribution >= 0.6 is 0 Å². The van der Waals surface area contributed by atoms with Gasteiger partial charge in [0.25, 0.3) is 0 Å². The van der Waals surface area contributed by atoms with Crippen molar-refractivity contribution >= 4 is 18.1 Å². The van der Waals surface area contributed by atoms with Crippen LogP contribution in [0.3, 0.4) is 0 Å². The highest BCUT2D eigenvalue weighted by Gasteiger charge is 2.49. The highest BCUT2D eigenvalue weighted by Crippen LogP contribution is 2.42. The Morgan fingerprint density at radius 3 is 2.40 bits per heavy atom. The molecule has 0 radical (unpaired) electrons. The van der Waals surface area contributed by atoms with E-state index in [1.54, 1.807) is 12.4 Å². The summed E-state index contributed by atoms with van der Waals surface area (Å²) in [5, 5.41) is 10.2. The number of aromatic nitrogens is 1. The summed E-state index contributed by atoms with van der Waals surface area (Å²) in [4.78, 5) is 21.8. The molecule has 2 aliphatic rings. The summed E-state index contributed by atoms with van der Waals surface area (Å²) >= 11 is 0. The molecule has 1 amide bonds. The minimum atomic E-state index is 0.110. The standard InChI is InChI=1S/C30H33N3O2/c34-22-28-30(26-14-12-24(13-15-26)11-10-23-7-2-1-3-8-23)27-21-32(17-4-5-18-33(27)28)29(35)19-25-9-6-16-31-20-25/h1-3,6-16,20,27-28,30,34H,4-5,17-19,21-22H2/b11-10+/t27-,28-,30-/m0/s1. The number of hydrogen-bond acceptors (Lipinski definition) is 4. The van der Waals surface area contributed by atoms with Crippen molar-refractivity contribution < 1.29 is 9.90 Å². The van der Waals surface area contributed by atoms with Gasteiger partial charge in [0.15, 0.2) is 0 Å². The zero-order valence-electron chi connectivity index (χ0n) is 20.0. The average Bonchev–Trinajstić information content (AvgIpc) is 2.88. The Bertz CT molecular complexity index is 1130. The molecule has 1 aromatic heterocycles. The molecular weight excluding hydrogens is 434 g/mol. The van der Waals surface area contributed by atoms with Crippen LogP contribution in [-0.2, 0) is 11.2 Å². The first-order valence-electron chi connectivity index (χ1n) is 12.6. The maximum Gasteiger partial charge on any atom is 0.227 e. The van der Waals surface area contributed by atoms with Gasteiger partial charge in [-0.05, 0) is 47.7 Å². The maximum absolute atomic E-state index is 13.2. The highest BCUT2D eigenvalue weighted by molar-refractivity contribution is 5.78. The molecule has 0 bridgehead atoms. The molecule has 180 valence electrons. The van der Waals surface area contributed by atoms with E-state index in [0.717, 1.165) is 37.1 Å². The summed E-state index contributed by atoms with van der Waals surface area (Å²) in [6, 6.07) is 23.2. The Balaban J connectivity index is 1.31. The summed E-state index contributed by atoms with van der Waals surface area (Å²) in [6.45, 7) is 2.62. The van der Waals surface area contributed by atoms with Gasteiger partial charge in [-0.25, -0.2) is 0 Å². The smallest absolute Gasteiger partial charge is 0.227 e. The number of fused-ring (bicyclic) bond motifs is 1. The first kappa shape index (κ1) is 23.5. The van der Waals surface area contributed by atoms with Gasteiger partial charge in [-0.3, -0.25) is 14.7 Å². The molecule has 2 aromatic carbocycles. The fourth-order valence-electron chi connectivity index (χ4n) is 5.54. The van der Waals surface area contributed by atoms with E-state index in [0.29, 0.717) is 13.0 Å². The number of benzene rings is 2. The van der Waals surface area contributed by atoms with Gasteiger partial charge < -0.3 is 10.0 Å². The van der Waals surface area contributed by atoms with Crippen LogP contribution in [0.1, 0.15) is 41.0 Å². The van der Waals surface area contributed by atoms with Gasteiger partial charge in [0.2, 0.25) is 5.91 Å². The van der Waals surface area contributed by atoms with Gasteiger partial charge in [-0.2, -0.15) is 0 Å². The van der Waals surface area contributed by atoms with E-state index in [2.05, 4.69) is 58.4 Å². The van der Waals surface area contributed by atoms with Crippen molar-refractivity contribution in [3.05, 3.63) is 101 Å².